The van der Waals surface area contributed by atoms with E-state index in [1.165, 1.54) is 11.1 Å². The van der Waals surface area contributed by atoms with Gasteiger partial charge >= 0.3 is 0 Å². The number of nitrogens with zero attached hydrogens (tertiary/aromatic N) is 1. The monoisotopic (exact) mass is 340 g/mol. The van der Waals surface area contributed by atoms with Crippen molar-refractivity contribution in [1.29, 1.82) is 0 Å². The Morgan fingerprint density at radius 1 is 1.00 bits per heavy atom. The summed E-state index contributed by atoms with van der Waals surface area (Å²) in [5, 5.41) is 0. The van der Waals surface area contributed by atoms with Crippen molar-refractivity contribution < 1.29 is 9.47 Å². The van der Waals surface area contributed by atoms with Crippen LogP contribution in [0.15, 0.2) is 54.6 Å². The Kier molecular flexibility index (Phi) is 6.45. The molecule has 0 aromatic heterocycles. The van der Waals surface area contributed by atoms with Crippen molar-refractivity contribution in [3.8, 4) is 5.75 Å². The predicted octanol–water partition coefficient (Wildman–Crippen LogP) is 2.89. The SMILES string of the molecule is COCCOc1ccc(CN2C[C@@H](CN)[C@H](c3ccccc3)C2)cc1. The van der Waals surface area contributed by atoms with Crippen molar-refractivity contribution in [3.63, 3.8) is 0 Å². The molecule has 1 saturated heterocycles. The highest BCUT2D eigenvalue weighted by Crippen LogP contribution is 2.32. The highest BCUT2D eigenvalue weighted by molar-refractivity contribution is 5.28. The van der Waals surface area contributed by atoms with Gasteiger partial charge in [-0.15, -0.1) is 0 Å². The molecule has 134 valence electrons. The number of ether oxygens (including phenoxy) is 2. The lowest BCUT2D eigenvalue weighted by Gasteiger charge is -2.17. The lowest BCUT2D eigenvalue weighted by Crippen LogP contribution is -2.23. The molecule has 25 heavy (non-hydrogen) atoms. The number of likely N-dealkylation sites (tertiary alicyclic amines) is 1. The molecule has 0 unspecified atom stereocenters. The molecule has 3 rings (SSSR count). The topological polar surface area (TPSA) is 47.7 Å². The van der Waals surface area contributed by atoms with E-state index in [-0.39, 0.29) is 0 Å². The van der Waals surface area contributed by atoms with Crippen LogP contribution in [0, 0.1) is 5.92 Å². The van der Waals surface area contributed by atoms with Crippen LogP contribution >= 0.6 is 0 Å². The van der Waals surface area contributed by atoms with E-state index < -0.39 is 0 Å². The minimum Gasteiger partial charge on any atom is -0.491 e. The van der Waals surface area contributed by atoms with Gasteiger partial charge in [0.15, 0.2) is 0 Å². The second kappa shape index (κ2) is 8.99. The third-order valence-corrected chi connectivity index (χ3v) is 4.93. The summed E-state index contributed by atoms with van der Waals surface area (Å²) in [5.41, 5.74) is 8.76. The van der Waals surface area contributed by atoms with Gasteiger partial charge in [-0.3, -0.25) is 4.90 Å². The normalized spacial score (nSPS) is 20.7. The molecule has 4 nitrogen and oxygen atoms in total. The molecular weight excluding hydrogens is 312 g/mol. The van der Waals surface area contributed by atoms with Crippen molar-refractivity contribution in [2.75, 3.05) is 40.0 Å². The summed E-state index contributed by atoms with van der Waals surface area (Å²) in [6, 6.07) is 19.1. The van der Waals surface area contributed by atoms with Crippen molar-refractivity contribution in [1.82, 2.24) is 4.90 Å². The van der Waals surface area contributed by atoms with Gasteiger partial charge in [0.25, 0.3) is 0 Å². The maximum atomic E-state index is 6.04. The van der Waals surface area contributed by atoms with E-state index in [0.717, 1.165) is 31.9 Å². The minimum atomic E-state index is 0.527. The predicted molar refractivity (Wildman–Crippen MR) is 101 cm³/mol. The maximum Gasteiger partial charge on any atom is 0.119 e. The van der Waals surface area contributed by atoms with Crippen LogP contribution in [0.1, 0.15) is 17.0 Å². The zero-order valence-electron chi connectivity index (χ0n) is 14.9. The number of methoxy groups -OCH3 is 1. The largest absolute Gasteiger partial charge is 0.491 e. The summed E-state index contributed by atoms with van der Waals surface area (Å²) in [6.45, 7) is 5.01. The molecule has 0 spiro atoms. The molecule has 4 heteroatoms. The first-order valence-electron chi connectivity index (χ1n) is 8.98. The Labute approximate surface area is 150 Å². The number of rotatable bonds is 8. The van der Waals surface area contributed by atoms with E-state index in [9.17, 15) is 0 Å². The van der Waals surface area contributed by atoms with E-state index in [0.29, 0.717) is 25.0 Å². The third kappa shape index (κ3) is 4.82. The van der Waals surface area contributed by atoms with E-state index in [2.05, 4.69) is 47.4 Å². The summed E-state index contributed by atoms with van der Waals surface area (Å²) >= 11 is 0. The van der Waals surface area contributed by atoms with Gasteiger partial charge in [-0.2, -0.15) is 0 Å². The van der Waals surface area contributed by atoms with Crippen LogP contribution in [-0.2, 0) is 11.3 Å². The lowest BCUT2D eigenvalue weighted by molar-refractivity contribution is 0.146. The van der Waals surface area contributed by atoms with E-state index >= 15 is 0 Å². The Morgan fingerprint density at radius 2 is 1.76 bits per heavy atom. The van der Waals surface area contributed by atoms with Crippen molar-refractivity contribution in [3.05, 3.63) is 65.7 Å². The van der Waals surface area contributed by atoms with E-state index in [1.807, 2.05) is 12.1 Å². The molecule has 2 aromatic rings. The van der Waals surface area contributed by atoms with Crippen molar-refractivity contribution >= 4 is 0 Å². The number of hydrogen-bond donors (Lipinski definition) is 1. The van der Waals surface area contributed by atoms with Gasteiger partial charge in [0.05, 0.1) is 6.61 Å². The molecule has 0 radical (unpaired) electrons. The molecule has 0 aliphatic carbocycles. The van der Waals surface area contributed by atoms with Crippen LogP contribution in [-0.4, -0.2) is 44.9 Å². The van der Waals surface area contributed by atoms with E-state index in [4.69, 9.17) is 15.2 Å². The van der Waals surface area contributed by atoms with Crippen LogP contribution in [0.4, 0.5) is 0 Å². The maximum absolute atomic E-state index is 6.04. The fourth-order valence-electron chi connectivity index (χ4n) is 3.60. The quantitative estimate of drug-likeness (QED) is 0.751. The first kappa shape index (κ1) is 17.9. The van der Waals surface area contributed by atoms with E-state index in [1.54, 1.807) is 7.11 Å². The fourth-order valence-corrected chi connectivity index (χ4v) is 3.60. The van der Waals surface area contributed by atoms with Gasteiger partial charge in [-0.25, -0.2) is 0 Å². The van der Waals surface area contributed by atoms with Gasteiger partial charge in [0.2, 0.25) is 0 Å². The summed E-state index contributed by atoms with van der Waals surface area (Å²) < 4.78 is 10.6. The average molecular weight is 340 g/mol. The van der Waals surface area contributed by atoms with Gasteiger partial charge in [0, 0.05) is 32.7 Å². The standard InChI is InChI=1S/C21H28N2O2/c1-24-11-12-25-20-9-7-17(8-10-20)14-23-15-19(13-22)21(16-23)18-5-3-2-4-6-18/h2-10,19,21H,11-16,22H2,1H3/t19-,21+/m1/s1. The Morgan fingerprint density at radius 3 is 2.44 bits per heavy atom. The van der Waals surface area contributed by atoms with Crippen molar-refractivity contribution in [2.45, 2.75) is 12.5 Å². The average Bonchev–Trinajstić information content (AvgIpc) is 3.07. The second-order valence-electron chi connectivity index (χ2n) is 6.69. The molecule has 0 saturated carbocycles. The zero-order valence-corrected chi connectivity index (χ0v) is 14.9. The molecule has 2 N–H and O–H groups in total. The molecule has 2 aromatic carbocycles. The summed E-state index contributed by atoms with van der Waals surface area (Å²) in [4.78, 5) is 2.51. The van der Waals surface area contributed by atoms with Gasteiger partial charge < -0.3 is 15.2 Å². The Hall–Kier alpha value is -1.88. The Balaban J connectivity index is 1.58. The molecule has 0 amide bonds. The smallest absolute Gasteiger partial charge is 0.119 e. The van der Waals surface area contributed by atoms with Crippen LogP contribution in [0.2, 0.25) is 0 Å². The van der Waals surface area contributed by atoms with Crippen LogP contribution in [0.3, 0.4) is 0 Å². The lowest BCUT2D eigenvalue weighted by atomic mass is 9.89. The molecule has 1 fully saturated rings. The number of benzene rings is 2. The van der Waals surface area contributed by atoms with Crippen molar-refractivity contribution in [2.24, 2.45) is 11.7 Å². The molecule has 0 bridgehead atoms. The second-order valence-corrected chi connectivity index (χ2v) is 6.69. The van der Waals surface area contributed by atoms with Gasteiger partial charge in [-0.05, 0) is 35.7 Å². The summed E-state index contributed by atoms with van der Waals surface area (Å²) in [5.74, 6) is 1.95. The van der Waals surface area contributed by atoms with Gasteiger partial charge in [0.1, 0.15) is 12.4 Å². The first-order valence-corrected chi connectivity index (χ1v) is 8.98. The zero-order chi connectivity index (χ0) is 17.5. The molecule has 2 atom stereocenters. The molecule has 1 heterocycles. The summed E-state index contributed by atoms with van der Waals surface area (Å²) in [6.07, 6.45) is 0. The van der Waals surface area contributed by atoms with Crippen LogP contribution < -0.4 is 10.5 Å². The van der Waals surface area contributed by atoms with Crippen LogP contribution in [0.5, 0.6) is 5.75 Å². The van der Waals surface area contributed by atoms with Crippen LogP contribution in [0.25, 0.3) is 0 Å². The minimum absolute atomic E-state index is 0.527. The number of hydrogen-bond acceptors (Lipinski definition) is 4. The molecular formula is C21H28N2O2. The third-order valence-electron chi connectivity index (χ3n) is 4.93. The molecule has 1 aliphatic rings. The highest BCUT2D eigenvalue weighted by atomic mass is 16.5. The van der Waals surface area contributed by atoms with Gasteiger partial charge in [-0.1, -0.05) is 42.5 Å². The molecule has 1 aliphatic heterocycles. The fraction of sp³-hybridized carbons (Fsp3) is 0.429. The highest BCUT2D eigenvalue weighted by Gasteiger charge is 2.32. The summed E-state index contributed by atoms with van der Waals surface area (Å²) in [7, 11) is 1.68. The Bertz CT molecular complexity index is 630. The first-order chi connectivity index (χ1) is 12.3. The number of nitrogens with two attached hydrogens (primary N) is 1.